The van der Waals surface area contributed by atoms with Crippen LogP contribution in [0.15, 0.2) is 59.5 Å². The van der Waals surface area contributed by atoms with E-state index in [1.165, 1.54) is 11.1 Å². The molecule has 0 saturated carbocycles. The number of sulfonamides is 1. The molecule has 19 heavy (non-hydrogen) atoms. The monoisotopic (exact) mass is 273 g/mol. The van der Waals surface area contributed by atoms with Crippen molar-refractivity contribution in [3.05, 3.63) is 65.7 Å². The van der Waals surface area contributed by atoms with E-state index in [1.54, 1.807) is 30.3 Å². The van der Waals surface area contributed by atoms with Crippen molar-refractivity contribution < 1.29 is 8.42 Å². The zero-order chi connectivity index (χ0) is 13.3. The maximum Gasteiger partial charge on any atom is 0.240 e. The molecule has 0 radical (unpaired) electrons. The molecule has 98 valence electrons. The van der Waals surface area contributed by atoms with Crippen LogP contribution in [0.1, 0.15) is 17.0 Å². The molecule has 0 heterocycles. The third kappa shape index (κ3) is 2.41. The van der Waals surface area contributed by atoms with Crippen LogP contribution in [0, 0.1) is 0 Å². The molecular formula is C15H15NO2S. The predicted octanol–water partition coefficient (Wildman–Crippen LogP) is 2.30. The van der Waals surface area contributed by atoms with E-state index in [4.69, 9.17) is 0 Å². The van der Waals surface area contributed by atoms with Crippen molar-refractivity contribution in [2.45, 2.75) is 17.2 Å². The zero-order valence-electron chi connectivity index (χ0n) is 10.4. The Morgan fingerprint density at radius 2 is 1.68 bits per heavy atom. The van der Waals surface area contributed by atoms with Gasteiger partial charge < -0.3 is 0 Å². The van der Waals surface area contributed by atoms with Crippen molar-refractivity contribution in [3.8, 4) is 0 Å². The smallest absolute Gasteiger partial charge is 0.211 e. The van der Waals surface area contributed by atoms with Gasteiger partial charge >= 0.3 is 0 Å². The second kappa shape index (κ2) is 4.79. The van der Waals surface area contributed by atoms with E-state index in [0.717, 1.165) is 6.42 Å². The van der Waals surface area contributed by atoms with E-state index in [-0.39, 0.29) is 0 Å². The first-order chi connectivity index (χ1) is 9.17. The lowest BCUT2D eigenvalue weighted by Crippen LogP contribution is -2.33. The van der Waals surface area contributed by atoms with Crippen LogP contribution < -0.4 is 4.72 Å². The van der Waals surface area contributed by atoms with Gasteiger partial charge in [0.2, 0.25) is 10.0 Å². The van der Waals surface area contributed by atoms with Gasteiger partial charge in [-0.25, -0.2) is 13.1 Å². The lowest BCUT2D eigenvalue weighted by Gasteiger charge is -2.30. The van der Waals surface area contributed by atoms with Crippen LogP contribution >= 0.6 is 0 Å². The molecule has 2 aromatic rings. The van der Waals surface area contributed by atoms with E-state index < -0.39 is 10.0 Å². The number of hydrogen-bond donors (Lipinski definition) is 1. The number of hydrogen-bond acceptors (Lipinski definition) is 2. The standard InChI is InChI=1S/C15H15NO2S/c17-19(18,14-7-2-1-3-8-14)16-11-13-10-12-6-4-5-9-15(12)13/h1-9,13,16H,10-11H2. The Labute approximate surface area is 113 Å². The highest BCUT2D eigenvalue weighted by molar-refractivity contribution is 7.89. The Bertz CT molecular complexity index is 680. The molecule has 1 aliphatic rings. The van der Waals surface area contributed by atoms with E-state index in [0.29, 0.717) is 17.4 Å². The number of benzene rings is 2. The van der Waals surface area contributed by atoms with Gasteiger partial charge in [-0.15, -0.1) is 0 Å². The molecule has 0 spiro atoms. The molecule has 1 aliphatic carbocycles. The highest BCUT2D eigenvalue weighted by Gasteiger charge is 2.26. The first-order valence-electron chi connectivity index (χ1n) is 6.29. The number of nitrogens with one attached hydrogen (secondary N) is 1. The fourth-order valence-electron chi connectivity index (χ4n) is 2.44. The summed E-state index contributed by atoms with van der Waals surface area (Å²) in [4.78, 5) is 0.322. The molecule has 0 bridgehead atoms. The second-order valence-corrected chi connectivity index (χ2v) is 6.53. The summed E-state index contributed by atoms with van der Waals surface area (Å²) in [6, 6.07) is 16.7. The van der Waals surface area contributed by atoms with Crippen LogP contribution in [0.25, 0.3) is 0 Å². The van der Waals surface area contributed by atoms with Gasteiger partial charge in [0.1, 0.15) is 0 Å². The largest absolute Gasteiger partial charge is 0.240 e. The Hall–Kier alpha value is -1.65. The van der Waals surface area contributed by atoms with Crippen molar-refractivity contribution in [2.24, 2.45) is 0 Å². The Kier molecular flexibility index (Phi) is 3.12. The summed E-state index contributed by atoms with van der Waals surface area (Å²) in [7, 11) is -3.38. The van der Waals surface area contributed by atoms with Gasteiger partial charge in [0.25, 0.3) is 0 Å². The van der Waals surface area contributed by atoms with Crippen LogP contribution in [-0.4, -0.2) is 15.0 Å². The minimum absolute atomic E-state index is 0.301. The van der Waals surface area contributed by atoms with Gasteiger partial charge in [-0.2, -0.15) is 0 Å². The van der Waals surface area contributed by atoms with Gasteiger partial charge in [0, 0.05) is 12.5 Å². The summed E-state index contributed by atoms with van der Waals surface area (Å²) in [5.41, 5.74) is 2.59. The summed E-state index contributed by atoms with van der Waals surface area (Å²) >= 11 is 0. The van der Waals surface area contributed by atoms with Crippen molar-refractivity contribution in [1.29, 1.82) is 0 Å². The maximum atomic E-state index is 12.1. The third-order valence-corrected chi connectivity index (χ3v) is 4.97. The van der Waals surface area contributed by atoms with Gasteiger partial charge in [0.05, 0.1) is 4.90 Å². The van der Waals surface area contributed by atoms with Crippen LogP contribution in [0.3, 0.4) is 0 Å². The minimum atomic E-state index is -3.38. The van der Waals surface area contributed by atoms with Crippen molar-refractivity contribution in [2.75, 3.05) is 6.54 Å². The van der Waals surface area contributed by atoms with Crippen LogP contribution in [-0.2, 0) is 16.4 Å². The third-order valence-electron chi connectivity index (χ3n) is 3.53. The molecule has 4 heteroatoms. The topological polar surface area (TPSA) is 46.2 Å². The molecular weight excluding hydrogens is 258 g/mol. The molecule has 1 unspecified atom stereocenters. The maximum absolute atomic E-state index is 12.1. The quantitative estimate of drug-likeness (QED) is 0.929. The Morgan fingerprint density at radius 1 is 1.00 bits per heavy atom. The highest BCUT2D eigenvalue weighted by atomic mass is 32.2. The summed E-state index contributed by atoms with van der Waals surface area (Å²) < 4.78 is 26.8. The summed E-state index contributed by atoms with van der Waals surface area (Å²) in [5, 5.41) is 0. The first-order valence-corrected chi connectivity index (χ1v) is 7.78. The average molecular weight is 273 g/mol. The molecule has 0 saturated heterocycles. The van der Waals surface area contributed by atoms with Gasteiger partial charge in [-0.05, 0) is 29.7 Å². The SMILES string of the molecule is O=S(=O)(NCC1Cc2ccccc21)c1ccccc1. The van der Waals surface area contributed by atoms with Gasteiger partial charge in [-0.3, -0.25) is 0 Å². The highest BCUT2D eigenvalue weighted by Crippen LogP contribution is 2.34. The molecule has 3 rings (SSSR count). The molecule has 0 aliphatic heterocycles. The van der Waals surface area contributed by atoms with Crippen LogP contribution in [0.4, 0.5) is 0 Å². The predicted molar refractivity (Wildman–Crippen MR) is 74.5 cm³/mol. The van der Waals surface area contributed by atoms with Crippen molar-refractivity contribution in [1.82, 2.24) is 4.72 Å². The molecule has 0 amide bonds. The normalized spacial score (nSPS) is 17.6. The summed E-state index contributed by atoms with van der Waals surface area (Å²) in [6.45, 7) is 0.467. The minimum Gasteiger partial charge on any atom is -0.211 e. The molecule has 0 fully saturated rings. The molecule has 3 nitrogen and oxygen atoms in total. The lowest BCUT2D eigenvalue weighted by atomic mass is 9.78. The Morgan fingerprint density at radius 3 is 2.42 bits per heavy atom. The van der Waals surface area contributed by atoms with Crippen LogP contribution in [0.5, 0.6) is 0 Å². The first kappa shape index (κ1) is 12.4. The van der Waals surface area contributed by atoms with E-state index in [9.17, 15) is 8.42 Å². The molecule has 2 aromatic carbocycles. The fourth-order valence-corrected chi connectivity index (χ4v) is 3.54. The summed E-state index contributed by atoms with van der Waals surface area (Å²) in [6.07, 6.45) is 0.952. The van der Waals surface area contributed by atoms with E-state index in [2.05, 4.69) is 16.9 Å². The lowest BCUT2D eigenvalue weighted by molar-refractivity contribution is 0.552. The van der Waals surface area contributed by atoms with Gasteiger partial charge in [-0.1, -0.05) is 42.5 Å². The Balaban J connectivity index is 1.68. The fraction of sp³-hybridized carbons (Fsp3) is 0.200. The van der Waals surface area contributed by atoms with Crippen molar-refractivity contribution in [3.63, 3.8) is 0 Å². The zero-order valence-corrected chi connectivity index (χ0v) is 11.2. The van der Waals surface area contributed by atoms with Crippen molar-refractivity contribution >= 4 is 10.0 Å². The number of rotatable bonds is 4. The van der Waals surface area contributed by atoms with E-state index >= 15 is 0 Å². The number of fused-ring (bicyclic) bond motifs is 1. The second-order valence-electron chi connectivity index (χ2n) is 4.76. The summed E-state index contributed by atoms with van der Waals surface area (Å²) in [5.74, 6) is 0.301. The van der Waals surface area contributed by atoms with Crippen LogP contribution in [0.2, 0.25) is 0 Å². The molecule has 1 atom stereocenters. The van der Waals surface area contributed by atoms with E-state index in [1.807, 2.05) is 12.1 Å². The molecule has 0 aromatic heterocycles. The van der Waals surface area contributed by atoms with Gasteiger partial charge in [0.15, 0.2) is 0 Å². The molecule has 1 N–H and O–H groups in total. The average Bonchev–Trinajstić information content (AvgIpc) is 2.41.